The second-order valence-corrected chi connectivity index (χ2v) is 4.76. The van der Waals surface area contributed by atoms with Gasteiger partial charge in [-0.1, -0.05) is 30.3 Å². The van der Waals surface area contributed by atoms with E-state index in [0.29, 0.717) is 25.2 Å². The van der Waals surface area contributed by atoms with E-state index < -0.39 is 0 Å². The molecule has 1 heterocycles. The van der Waals surface area contributed by atoms with Crippen LogP contribution in [0, 0.1) is 0 Å². The minimum Gasteiger partial charge on any atom is -0.334 e. The van der Waals surface area contributed by atoms with E-state index in [4.69, 9.17) is 5.73 Å². The fourth-order valence-corrected chi connectivity index (χ4v) is 2.05. The lowest BCUT2D eigenvalue weighted by atomic mass is 10.2. The van der Waals surface area contributed by atoms with Crippen molar-refractivity contribution in [3.63, 3.8) is 0 Å². The summed E-state index contributed by atoms with van der Waals surface area (Å²) in [4.78, 5) is 14.3. The highest BCUT2D eigenvalue weighted by atomic mass is 16.2. The van der Waals surface area contributed by atoms with Crippen LogP contribution in [0.3, 0.4) is 0 Å². The molecule has 0 saturated carbocycles. The maximum Gasteiger partial charge on any atom is 0.257 e. The predicted octanol–water partition coefficient (Wildman–Crippen LogP) is 1.41. The minimum absolute atomic E-state index is 0.00426. The predicted molar refractivity (Wildman–Crippen MR) is 78.1 cm³/mol. The van der Waals surface area contributed by atoms with Gasteiger partial charge in [-0.2, -0.15) is 5.10 Å². The number of nitrogens with zero attached hydrogens (tertiary/aromatic N) is 3. The number of benzene rings is 1. The van der Waals surface area contributed by atoms with Crippen LogP contribution in [0.4, 0.5) is 0 Å². The molecule has 2 N–H and O–H groups in total. The third-order valence-corrected chi connectivity index (χ3v) is 3.09. The Balaban J connectivity index is 2.12. The van der Waals surface area contributed by atoms with Crippen LogP contribution < -0.4 is 5.73 Å². The van der Waals surface area contributed by atoms with E-state index in [9.17, 15) is 4.79 Å². The van der Waals surface area contributed by atoms with E-state index in [-0.39, 0.29) is 5.91 Å². The summed E-state index contributed by atoms with van der Waals surface area (Å²) in [6, 6.07) is 9.96. The molecule has 106 valence electrons. The van der Waals surface area contributed by atoms with Gasteiger partial charge < -0.3 is 10.6 Å². The van der Waals surface area contributed by atoms with Crippen LogP contribution in [0.5, 0.6) is 0 Å². The van der Waals surface area contributed by atoms with E-state index in [2.05, 4.69) is 5.10 Å². The molecular weight excluding hydrogens is 252 g/mol. The Morgan fingerprint density at radius 3 is 2.70 bits per heavy atom. The average Bonchev–Trinajstić information content (AvgIpc) is 2.90. The molecule has 1 aromatic heterocycles. The number of rotatable bonds is 6. The molecule has 0 radical (unpaired) electrons. The molecular formula is C15H20N4O. The first kappa shape index (κ1) is 14.3. The van der Waals surface area contributed by atoms with Crippen molar-refractivity contribution in [3.05, 3.63) is 53.9 Å². The second kappa shape index (κ2) is 6.86. The Hall–Kier alpha value is -2.14. The van der Waals surface area contributed by atoms with Crippen LogP contribution in [-0.2, 0) is 13.6 Å². The summed E-state index contributed by atoms with van der Waals surface area (Å²) in [6.45, 7) is 1.82. The Morgan fingerprint density at radius 2 is 2.10 bits per heavy atom. The fraction of sp³-hybridized carbons (Fsp3) is 0.333. The summed E-state index contributed by atoms with van der Waals surface area (Å²) >= 11 is 0. The standard InChI is InChI=1S/C15H20N4O/c1-18-12-14(10-17-18)15(20)19(9-5-8-16)11-13-6-3-2-4-7-13/h2-4,6-7,10,12H,5,8-9,11,16H2,1H3. The maximum atomic E-state index is 12.5. The molecule has 0 saturated heterocycles. The maximum absolute atomic E-state index is 12.5. The lowest BCUT2D eigenvalue weighted by Crippen LogP contribution is -2.32. The van der Waals surface area contributed by atoms with Crippen molar-refractivity contribution >= 4 is 5.91 Å². The van der Waals surface area contributed by atoms with Crippen LogP contribution >= 0.6 is 0 Å². The third-order valence-electron chi connectivity index (χ3n) is 3.09. The van der Waals surface area contributed by atoms with Gasteiger partial charge in [-0.3, -0.25) is 9.48 Å². The Labute approximate surface area is 119 Å². The van der Waals surface area contributed by atoms with E-state index in [0.717, 1.165) is 12.0 Å². The van der Waals surface area contributed by atoms with E-state index in [1.54, 1.807) is 24.1 Å². The molecule has 2 aromatic rings. The molecule has 0 aliphatic heterocycles. The van der Waals surface area contributed by atoms with E-state index in [1.165, 1.54) is 0 Å². The molecule has 0 unspecified atom stereocenters. The zero-order valence-electron chi connectivity index (χ0n) is 11.7. The van der Waals surface area contributed by atoms with Crippen molar-refractivity contribution in [1.82, 2.24) is 14.7 Å². The normalized spacial score (nSPS) is 10.5. The molecule has 2 rings (SSSR count). The fourth-order valence-electron chi connectivity index (χ4n) is 2.05. The highest BCUT2D eigenvalue weighted by Gasteiger charge is 2.17. The van der Waals surface area contributed by atoms with Gasteiger partial charge in [-0.05, 0) is 18.5 Å². The molecule has 0 atom stereocenters. The number of aryl methyl sites for hydroxylation is 1. The summed E-state index contributed by atoms with van der Waals surface area (Å²) in [5, 5.41) is 4.05. The first-order valence-electron chi connectivity index (χ1n) is 6.72. The molecule has 1 aromatic carbocycles. The van der Waals surface area contributed by atoms with Gasteiger partial charge in [-0.15, -0.1) is 0 Å². The molecule has 5 heteroatoms. The Bertz CT molecular complexity index is 550. The van der Waals surface area contributed by atoms with Crippen molar-refractivity contribution in [1.29, 1.82) is 0 Å². The molecule has 0 fully saturated rings. The average molecular weight is 272 g/mol. The minimum atomic E-state index is -0.00426. The molecule has 1 amide bonds. The molecule has 0 spiro atoms. The topological polar surface area (TPSA) is 64.2 Å². The second-order valence-electron chi connectivity index (χ2n) is 4.76. The summed E-state index contributed by atoms with van der Waals surface area (Å²) in [5.74, 6) is -0.00426. The monoisotopic (exact) mass is 272 g/mol. The van der Waals surface area contributed by atoms with Crippen LogP contribution in [0.25, 0.3) is 0 Å². The first-order chi connectivity index (χ1) is 9.70. The summed E-state index contributed by atoms with van der Waals surface area (Å²) < 4.78 is 1.64. The first-order valence-corrected chi connectivity index (χ1v) is 6.72. The van der Waals surface area contributed by atoms with E-state index in [1.807, 2.05) is 35.2 Å². The van der Waals surface area contributed by atoms with Gasteiger partial charge in [0, 0.05) is 26.3 Å². The number of amides is 1. The van der Waals surface area contributed by atoms with Gasteiger partial charge >= 0.3 is 0 Å². The third kappa shape index (κ3) is 3.68. The highest BCUT2D eigenvalue weighted by molar-refractivity contribution is 5.93. The van der Waals surface area contributed by atoms with Crippen LogP contribution in [0.15, 0.2) is 42.7 Å². The lowest BCUT2D eigenvalue weighted by Gasteiger charge is -2.22. The zero-order valence-corrected chi connectivity index (χ0v) is 11.7. The Morgan fingerprint density at radius 1 is 1.35 bits per heavy atom. The summed E-state index contributed by atoms with van der Waals surface area (Å²) in [6.07, 6.45) is 4.13. The molecule has 0 aliphatic rings. The highest BCUT2D eigenvalue weighted by Crippen LogP contribution is 2.10. The Kier molecular flexibility index (Phi) is 4.90. The van der Waals surface area contributed by atoms with Gasteiger partial charge in [0.15, 0.2) is 0 Å². The zero-order chi connectivity index (χ0) is 14.4. The summed E-state index contributed by atoms with van der Waals surface area (Å²) in [5.41, 5.74) is 7.28. The van der Waals surface area contributed by atoms with Gasteiger partial charge in [0.25, 0.3) is 5.91 Å². The number of hydrogen-bond donors (Lipinski definition) is 1. The molecule has 20 heavy (non-hydrogen) atoms. The largest absolute Gasteiger partial charge is 0.334 e. The van der Waals surface area contributed by atoms with Crippen molar-refractivity contribution in [3.8, 4) is 0 Å². The van der Waals surface area contributed by atoms with Crippen molar-refractivity contribution < 1.29 is 4.79 Å². The van der Waals surface area contributed by atoms with E-state index >= 15 is 0 Å². The van der Waals surface area contributed by atoms with Gasteiger partial charge in [0.1, 0.15) is 0 Å². The van der Waals surface area contributed by atoms with Gasteiger partial charge in [0.05, 0.1) is 11.8 Å². The smallest absolute Gasteiger partial charge is 0.257 e. The molecule has 0 aliphatic carbocycles. The number of carbonyl (C=O) groups is 1. The van der Waals surface area contributed by atoms with Crippen molar-refractivity contribution in [2.75, 3.05) is 13.1 Å². The van der Waals surface area contributed by atoms with Gasteiger partial charge in [-0.25, -0.2) is 0 Å². The SMILES string of the molecule is Cn1cc(C(=O)N(CCCN)Cc2ccccc2)cn1. The van der Waals surface area contributed by atoms with Crippen molar-refractivity contribution in [2.45, 2.75) is 13.0 Å². The molecule has 0 bridgehead atoms. The van der Waals surface area contributed by atoms with Crippen molar-refractivity contribution in [2.24, 2.45) is 12.8 Å². The van der Waals surface area contributed by atoms with Gasteiger partial charge in [0.2, 0.25) is 0 Å². The summed E-state index contributed by atoms with van der Waals surface area (Å²) in [7, 11) is 1.80. The van der Waals surface area contributed by atoms with Crippen LogP contribution in [0.1, 0.15) is 22.3 Å². The van der Waals surface area contributed by atoms with Crippen LogP contribution in [-0.4, -0.2) is 33.7 Å². The number of nitrogens with two attached hydrogens (primary N) is 1. The number of hydrogen-bond acceptors (Lipinski definition) is 3. The van der Waals surface area contributed by atoms with Crippen LogP contribution in [0.2, 0.25) is 0 Å². The molecule has 5 nitrogen and oxygen atoms in total. The number of aromatic nitrogens is 2. The lowest BCUT2D eigenvalue weighted by molar-refractivity contribution is 0.0742. The number of carbonyl (C=O) groups excluding carboxylic acids is 1. The quantitative estimate of drug-likeness (QED) is 0.864.